The van der Waals surface area contributed by atoms with Gasteiger partial charge in [-0.1, -0.05) is 54.1 Å². The molecule has 4 nitrogen and oxygen atoms in total. The van der Waals surface area contributed by atoms with Gasteiger partial charge in [-0.3, -0.25) is 0 Å². The van der Waals surface area contributed by atoms with E-state index in [9.17, 15) is 5.11 Å². The van der Waals surface area contributed by atoms with E-state index in [4.69, 9.17) is 21.4 Å². The second-order valence-electron chi connectivity index (χ2n) is 8.41. The van der Waals surface area contributed by atoms with Gasteiger partial charge in [0.15, 0.2) is 0 Å². The molecule has 0 fully saturated rings. The number of hydrogen-bond donors (Lipinski definition) is 1. The summed E-state index contributed by atoms with van der Waals surface area (Å²) in [5.74, 6) is 1.58. The average Bonchev–Trinajstić information content (AvgIpc) is 3.48. The van der Waals surface area contributed by atoms with Crippen LogP contribution in [0.5, 0.6) is 11.5 Å². The third kappa shape index (κ3) is 4.50. The van der Waals surface area contributed by atoms with Gasteiger partial charge in [-0.05, 0) is 68.4 Å². The van der Waals surface area contributed by atoms with Crippen molar-refractivity contribution in [3.8, 4) is 38.2 Å². The molecule has 5 rings (SSSR count). The molecule has 0 saturated heterocycles. The zero-order valence-corrected chi connectivity index (χ0v) is 20.3. The zero-order valence-electron chi connectivity index (χ0n) is 18.8. The van der Waals surface area contributed by atoms with Crippen molar-refractivity contribution in [3.63, 3.8) is 0 Å². The largest absolute Gasteiger partial charge is 0.457 e. The van der Waals surface area contributed by atoms with Crippen LogP contribution in [-0.2, 0) is 5.60 Å². The van der Waals surface area contributed by atoms with E-state index < -0.39 is 5.60 Å². The van der Waals surface area contributed by atoms with Crippen molar-refractivity contribution in [1.82, 2.24) is 9.78 Å². The van der Waals surface area contributed by atoms with Crippen molar-refractivity contribution in [2.45, 2.75) is 19.4 Å². The molecule has 0 aliphatic heterocycles. The fraction of sp³-hybridized carbons (Fsp3) is 0.107. The Morgan fingerprint density at radius 2 is 1.53 bits per heavy atom. The number of ether oxygens (including phenoxy) is 1. The van der Waals surface area contributed by atoms with Crippen LogP contribution in [0.2, 0.25) is 5.02 Å². The molecule has 0 bridgehead atoms. The van der Waals surface area contributed by atoms with Crippen LogP contribution in [0.3, 0.4) is 0 Å². The minimum Gasteiger partial charge on any atom is -0.457 e. The quantitative estimate of drug-likeness (QED) is 0.265. The van der Waals surface area contributed by atoms with Crippen LogP contribution in [0, 0.1) is 0 Å². The van der Waals surface area contributed by atoms with Gasteiger partial charge in [0.1, 0.15) is 17.1 Å². The predicted molar refractivity (Wildman–Crippen MR) is 139 cm³/mol. The summed E-state index contributed by atoms with van der Waals surface area (Å²) in [6.07, 6.45) is 0. The van der Waals surface area contributed by atoms with E-state index in [0.29, 0.717) is 10.7 Å². The van der Waals surface area contributed by atoms with E-state index in [0.717, 1.165) is 38.2 Å². The van der Waals surface area contributed by atoms with E-state index in [-0.39, 0.29) is 0 Å². The van der Waals surface area contributed by atoms with Crippen LogP contribution < -0.4 is 4.74 Å². The van der Waals surface area contributed by atoms with Gasteiger partial charge in [-0.15, -0.1) is 11.3 Å². The Kier molecular flexibility index (Phi) is 6.00. The second kappa shape index (κ2) is 9.11. The molecule has 34 heavy (non-hydrogen) atoms. The summed E-state index contributed by atoms with van der Waals surface area (Å²) in [5, 5.41) is 15.9. The van der Waals surface area contributed by atoms with E-state index in [2.05, 4.69) is 18.2 Å². The Labute approximate surface area is 207 Å². The predicted octanol–water partition coefficient (Wildman–Crippen LogP) is 7.94. The van der Waals surface area contributed by atoms with Crippen LogP contribution in [0.15, 0.2) is 97.1 Å². The fourth-order valence-corrected chi connectivity index (χ4v) is 4.91. The van der Waals surface area contributed by atoms with Crippen molar-refractivity contribution in [1.29, 1.82) is 0 Å². The molecule has 0 unspecified atom stereocenters. The Morgan fingerprint density at radius 3 is 2.29 bits per heavy atom. The van der Waals surface area contributed by atoms with Crippen LogP contribution in [0.25, 0.3) is 26.7 Å². The van der Waals surface area contributed by atoms with Crippen molar-refractivity contribution in [2.24, 2.45) is 0 Å². The lowest BCUT2D eigenvalue weighted by Crippen LogP contribution is -2.16. The molecule has 0 saturated carbocycles. The number of aromatic nitrogens is 2. The van der Waals surface area contributed by atoms with Gasteiger partial charge in [0.2, 0.25) is 0 Å². The smallest absolute Gasteiger partial charge is 0.136 e. The van der Waals surface area contributed by atoms with Crippen LogP contribution >= 0.6 is 22.9 Å². The highest BCUT2D eigenvalue weighted by molar-refractivity contribution is 7.18. The average molecular weight is 487 g/mol. The lowest BCUT2D eigenvalue weighted by Gasteiger charge is -2.13. The van der Waals surface area contributed by atoms with Gasteiger partial charge in [0, 0.05) is 10.4 Å². The molecule has 0 radical (unpaired) electrons. The van der Waals surface area contributed by atoms with Crippen LogP contribution in [0.1, 0.15) is 19.5 Å². The van der Waals surface area contributed by atoms with Gasteiger partial charge in [-0.2, -0.15) is 5.10 Å². The molecule has 3 aromatic carbocycles. The van der Waals surface area contributed by atoms with E-state index in [1.807, 2.05) is 78.9 Å². The molecular formula is C28H23ClN2O2S. The topological polar surface area (TPSA) is 47.3 Å². The lowest BCUT2D eigenvalue weighted by molar-refractivity contribution is 0.0734. The van der Waals surface area contributed by atoms with Gasteiger partial charge in [0.05, 0.1) is 27.0 Å². The second-order valence-corrected chi connectivity index (χ2v) is 9.90. The first-order valence-electron chi connectivity index (χ1n) is 10.9. The highest BCUT2D eigenvalue weighted by Gasteiger charge is 2.24. The highest BCUT2D eigenvalue weighted by Crippen LogP contribution is 2.41. The summed E-state index contributed by atoms with van der Waals surface area (Å²) in [7, 11) is 0. The Morgan fingerprint density at radius 1 is 0.853 bits per heavy atom. The van der Waals surface area contributed by atoms with Crippen molar-refractivity contribution < 1.29 is 9.84 Å². The van der Waals surface area contributed by atoms with Crippen molar-refractivity contribution in [3.05, 3.63) is 108 Å². The molecule has 0 aliphatic carbocycles. The normalized spacial score (nSPS) is 11.5. The molecule has 0 atom stereocenters. The molecule has 0 aliphatic rings. The summed E-state index contributed by atoms with van der Waals surface area (Å²) in [5.41, 5.74) is 2.12. The van der Waals surface area contributed by atoms with Gasteiger partial charge in [-0.25, -0.2) is 4.68 Å². The zero-order chi connectivity index (χ0) is 23.7. The summed E-state index contributed by atoms with van der Waals surface area (Å²) in [6.45, 7) is 3.46. The first-order valence-corrected chi connectivity index (χ1v) is 12.1. The molecule has 6 heteroatoms. The van der Waals surface area contributed by atoms with Gasteiger partial charge < -0.3 is 9.84 Å². The van der Waals surface area contributed by atoms with E-state index in [1.165, 1.54) is 0 Å². The lowest BCUT2D eigenvalue weighted by atomic mass is 10.1. The molecule has 170 valence electrons. The Bertz CT molecular complexity index is 1430. The number of halogens is 1. The third-order valence-electron chi connectivity index (χ3n) is 5.40. The number of para-hydroxylation sites is 3. The number of rotatable bonds is 6. The summed E-state index contributed by atoms with van der Waals surface area (Å²) < 4.78 is 7.98. The maximum absolute atomic E-state index is 10.6. The minimum atomic E-state index is -1.09. The Balaban J connectivity index is 1.58. The first-order chi connectivity index (χ1) is 16.4. The van der Waals surface area contributed by atoms with Crippen molar-refractivity contribution in [2.75, 3.05) is 0 Å². The van der Waals surface area contributed by atoms with Crippen molar-refractivity contribution >= 4 is 22.9 Å². The molecule has 5 aromatic rings. The molecule has 1 N–H and O–H groups in total. The minimum absolute atomic E-state index is 0.574. The number of benzene rings is 3. The molecular weight excluding hydrogens is 464 g/mol. The SMILES string of the molecule is CC(C)(O)c1cc(-c2ccc(-c3ccccc3Oc3ccccc3)s2)n(-c2ccccc2Cl)n1. The number of thiophene rings is 1. The summed E-state index contributed by atoms with van der Waals surface area (Å²) in [6, 6.07) is 31.4. The maximum atomic E-state index is 10.6. The Hall–Kier alpha value is -3.38. The molecule has 0 spiro atoms. The van der Waals surface area contributed by atoms with E-state index >= 15 is 0 Å². The summed E-state index contributed by atoms with van der Waals surface area (Å²) in [4.78, 5) is 2.07. The molecule has 2 heterocycles. The third-order valence-corrected chi connectivity index (χ3v) is 6.86. The monoisotopic (exact) mass is 486 g/mol. The van der Waals surface area contributed by atoms with Crippen LogP contribution in [-0.4, -0.2) is 14.9 Å². The van der Waals surface area contributed by atoms with Gasteiger partial charge >= 0.3 is 0 Å². The summed E-state index contributed by atoms with van der Waals surface area (Å²) >= 11 is 8.14. The van der Waals surface area contributed by atoms with Crippen LogP contribution in [0.4, 0.5) is 0 Å². The van der Waals surface area contributed by atoms with E-state index in [1.54, 1.807) is 29.9 Å². The standard InChI is InChI=1S/C28H23ClN2O2S/c1-28(2,32)27-18-23(31(30-27)22-14-8-7-13-21(22)29)26-17-16-25(34-26)20-12-6-9-15-24(20)33-19-10-4-3-5-11-19/h3-18,32H,1-2H3. The van der Waals surface area contributed by atoms with Gasteiger partial charge in [0.25, 0.3) is 0 Å². The number of hydrogen-bond acceptors (Lipinski definition) is 4. The highest BCUT2D eigenvalue weighted by atomic mass is 35.5. The molecule has 0 amide bonds. The maximum Gasteiger partial charge on any atom is 0.136 e. The first kappa shape index (κ1) is 22.4. The number of aliphatic hydroxyl groups is 1. The number of nitrogens with zero attached hydrogens (tertiary/aromatic N) is 2. The fourth-order valence-electron chi connectivity index (χ4n) is 3.66. The molecule has 2 aromatic heterocycles.